The molecule has 1 aliphatic heterocycles. The van der Waals surface area contributed by atoms with E-state index >= 15 is 0 Å². The second-order valence-corrected chi connectivity index (χ2v) is 16.6. The van der Waals surface area contributed by atoms with Gasteiger partial charge in [0.05, 0.1) is 18.8 Å². The van der Waals surface area contributed by atoms with Gasteiger partial charge in [-0.25, -0.2) is 0 Å². The number of allylic oxidation sites excluding steroid dienone is 4. The topological polar surface area (TPSA) is 120 Å². The standard InChI is InChI=1S/C36H60O7/c1-20(2)10-9-11-21(3)22-12-16-36(8)28(22)23(38)18-26-34(6)15-14-27(33(4,5)25(34)13-17-35(26,36)7)43-32-31(41)30(40)29(39)24(19-37)42-32/h10-11,22-32,37-41H,9,12-19H2,1-8H3/b21-11+/t22-,23-,24+,25-,26+,27+,28+,29+,30-,31+,32-,34+,35-,36-/m1/s1. The summed E-state index contributed by atoms with van der Waals surface area (Å²) in [5.41, 5.74) is 2.80. The van der Waals surface area contributed by atoms with E-state index in [0.717, 1.165) is 51.4 Å². The summed E-state index contributed by atoms with van der Waals surface area (Å²) in [4.78, 5) is 0. The average molecular weight is 605 g/mol. The highest BCUT2D eigenvalue weighted by Crippen LogP contribution is 2.75. The van der Waals surface area contributed by atoms with E-state index < -0.39 is 37.3 Å². The first-order valence-corrected chi connectivity index (χ1v) is 17.0. The molecule has 5 fully saturated rings. The zero-order valence-corrected chi connectivity index (χ0v) is 27.9. The Morgan fingerprint density at radius 3 is 2.14 bits per heavy atom. The predicted octanol–water partition coefficient (Wildman–Crippen LogP) is 5.13. The number of fused-ring (bicyclic) bond motifs is 5. The monoisotopic (exact) mass is 604 g/mol. The van der Waals surface area contributed by atoms with E-state index in [9.17, 15) is 25.5 Å². The maximum absolute atomic E-state index is 12.0. The van der Waals surface area contributed by atoms with Crippen LogP contribution in [-0.2, 0) is 9.47 Å². The molecule has 4 aliphatic carbocycles. The van der Waals surface area contributed by atoms with Gasteiger partial charge in [0.1, 0.15) is 24.4 Å². The first kappa shape index (κ1) is 33.6. The molecule has 0 spiro atoms. The molecule has 0 aromatic carbocycles. The normalized spacial score (nSPS) is 51.3. The van der Waals surface area contributed by atoms with Crippen molar-refractivity contribution < 1.29 is 35.0 Å². The summed E-state index contributed by atoms with van der Waals surface area (Å²) in [5, 5.41) is 52.9. The molecule has 14 atom stereocenters. The fourth-order valence-corrected chi connectivity index (χ4v) is 11.5. The molecule has 0 radical (unpaired) electrons. The van der Waals surface area contributed by atoms with Crippen LogP contribution in [0, 0.1) is 45.3 Å². The summed E-state index contributed by atoms with van der Waals surface area (Å²) in [6.45, 7) is 18.2. The molecule has 5 rings (SSSR count). The lowest BCUT2D eigenvalue weighted by Crippen LogP contribution is -2.67. The third kappa shape index (κ3) is 5.21. The molecule has 4 saturated carbocycles. The summed E-state index contributed by atoms with van der Waals surface area (Å²) in [6, 6.07) is 0. The molecule has 5 N–H and O–H groups in total. The van der Waals surface area contributed by atoms with Gasteiger partial charge in [0.2, 0.25) is 0 Å². The molecule has 1 heterocycles. The molecule has 1 saturated heterocycles. The van der Waals surface area contributed by atoms with Gasteiger partial charge in [0.15, 0.2) is 6.29 Å². The summed E-state index contributed by atoms with van der Waals surface area (Å²) < 4.78 is 12.2. The van der Waals surface area contributed by atoms with Gasteiger partial charge in [0, 0.05) is 0 Å². The Morgan fingerprint density at radius 2 is 1.49 bits per heavy atom. The van der Waals surface area contributed by atoms with E-state index in [0.29, 0.717) is 17.8 Å². The number of aliphatic hydroxyl groups is 5. The zero-order chi connectivity index (χ0) is 31.7. The molecule has 0 unspecified atom stereocenters. The Balaban J connectivity index is 1.38. The highest BCUT2D eigenvalue weighted by atomic mass is 16.7. The Labute approximate surface area is 259 Å². The quantitative estimate of drug-likeness (QED) is 0.211. The minimum absolute atomic E-state index is 0.0348. The van der Waals surface area contributed by atoms with Crippen molar-refractivity contribution in [1.82, 2.24) is 0 Å². The molecule has 0 bridgehead atoms. The highest BCUT2D eigenvalue weighted by Gasteiger charge is 2.70. The Bertz CT molecular complexity index is 1080. The Kier molecular flexibility index (Phi) is 9.19. The summed E-state index contributed by atoms with van der Waals surface area (Å²) >= 11 is 0. The minimum Gasteiger partial charge on any atom is -0.394 e. The summed E-state index contributed by atoms with van der Waals surface area (Å²) in [6.07, 6.45) is 5.90. The number of aliphatic hydroxyl groups excluding tert-OH is 5. The van der Waals surface area contributed by atoms with Crippen LogP contribution in [0.25, 0.3) is 0 Å². The first-order chi connectivity index (χ1) is 20.0. The Morgan fingerprint density at radius 1 is 0.814 bits per heavy atom. The smallest absolute Gasteiger partial charge is 0.186 e. The van der Waals surface area contributed by atoms with Gasteiger partial charge in [-0.2, -0.15) is 0 Å². The average Bonchev–Trinajstić information content (AvgIpc) is 3.31. The molecule has 0 aromatic heterocycles. The largest absolute Gasteiger partial charge is 0.394 e. The fraction of sp³-hybridized carbons (Fsp3) is 0.889. The van der Waals surface area contributed by atoms with Gasteiger partial charge < -0.3 is 35.0 Å². The van der Waals surface area contributed by atoms with E-state index in [1.54, 1.807) is 0 Å². The fourth-order valence-electron chi connectivity index (χ4n) is 11.5. The third-order valence-electron chi connectivity index (χ3n) is 14.0. The van der Waals surface area contributed by atoms with E-state index in [-0.39, 0.29) is 39.8 Å². The maximum atomic E-state index is 12.0. The van der Waals surface area contributed by atoms with E-state index in [2.05, 4.69) is 67.5 Å². The van der Waals surface area contributed by atoms with E-state index in [1.165, 1.54) is 11.1 Å². The van der Waals surface area contributed by atoms with Crippen LogP contribution in [-0.4, -0.2) is 75.1 Å². The molecule has 5 aliphatic rings. The molecule has 43 heavy (non-hydrogen) atoms. The van der Waals surface area contributed by atoms with Crippen molar-refractivity contribution in [1.29, 1.82) is 0 Å². The van der Waals surface area contributed by atoms with Crippen molar-refractivity contribution in [2.75, 3.05) is 6.61 Å². The van der Waals surface area contributed by atoms with Crippen LogP contribution in [0.2, 0.25) is 0 Å². The van der Waals surface area contributed by atoms with Crippen molar-refractivity contribution in [3.8, 4) is 0 Å². The number of hydrogen-bond acceptors (Lipinski definition) is 7. The lowest BCUT2D eigenvalue weighted by Gasteiger charge is -2.70. The van der Waals surface area contributed by atoms with Gasteiger partial charge in [-0.1, -0.05) is 57.9 Å². The first-order valence-electron chi connectivity index (χ1n) is 17.0. The van der Waals surface area contributed by atoms with Crippen molar-refractivity contribution in [2.45, 2.75) is 150 Å². The maximum Gasteiger partial charge on any atom is 0.186 e. The lowest BCUT2D eigenvalue weighted by molar-refractivity contribution is -0.331. The molecular formula is C36H60O7. The van der Waals surface area contributed by atoms with Crippen LogP contribution in [0.1, 0.15) is 107 Å². The second-order valence-electron chi connectivity index (χ2n) is 16.6. The number of ether oxygens (including phenoxy) is 2. The van der Waals surface area contributed by atoms with Crippen molar-refractivity contribution in [2.24, 2.45) is 45.3 Å². The molecular weight excluding hydrogens is 544 g/mol. The number of hydrogen-bond donors (Lipinski definition) is 5. The molecule has 7 nitrogen and oxygen atoms in total. The molecule has 0 aromatic rings. The Hall–Kier alpha value is -0.800. The predicted molar refractivity (Wildman–Crippen MR) is 167 cm³/mol. The van der Waals surface area contributed by atoms with Crippen LogP contribution >= 0.6 is 0 Å². The summed E-state index contributed by atoms with van der Waals surface area (Å²) in [7, 11) is 0. The van der Waals surface area contributed by atoms with Gasteiger partial charge in [-0.05, 0) is 117 Å². The SMILES string of the molecule is CC(C)=CC/C=C(\C)[C@H]1CC[C@]2(C)[C@@H]1[C@H](O)C[C@H]1[C@@]3(C)CC[C@H](O[C@H]4O[C@@H](CO)[C@H](O)[C@@H](O)[C@@H]4O)C(C)(C)[C@H]3CC[C@]12C. The van der Waals surface area contributed by atoms with Crippen LogP contribution < -0.4 is 0 Å². The molecule has 246 valence electrons. The lowest BCUT2D eigenvalue weighted by atomic mass is 9.35. The molecule has 7 heteroatoms. The van der Waals surface area contributed by atoms with Crippen LogP contribution in [0.15, 0.2) is 23.3 Å². The van der Waals surface area contributed by atoms with Crippen LogP contribution in [0.3, 0.4) is 0 Å². The van der Waals surface area contributed by atoms with Gasteiger partial charge >= 0.3 is 0 Å². The van der Waals surface area contributed by atoms with Crippen molar-refractivity contribution in [3.05, 3.63) is 23.3 Å². The molecule has 0 amide bonds. The van der Waals surface area contributed by atoms with E-state index in [4.69, 9.17) is 9.47 Å². The summed E-state index contributed by atoms with van der Waals surface area (Å²) in [5.74, 6) is 1.48. The van der Waals surface area contributed by atoms with E-state index in [1.807, 2.05) is 0 Å². The third-order valence-corrected chi connectivity index (χ3v) is 14.0. The van der Waals surface area contributed by atoms with Crippen molar-refractivity contribution in [3.63, 3.8) is 0 Å². The van der Waals surface area contributed by atoms with Gasteiger partial charge in [-0.15, -0.1) is 0 Å². The van der Waals surface area contributed by atoms with Crippen LogP contribution in [0.4, 0.5) is 0 Å². The minimum atomic E-state index is -1.44. The van der Waals surface area contributed by atoms with Crippen molar-refractivity contribution >= 4 is 0 Å². The van der Waals surface area contributed by atoms with Gasteiger partial charge in [-0.3, -0.25) is 0 Å². The highest BCUT2D eigenvalue weighted by molar-refractivity contribution is 5.23. The van der Waals surface area contributed by atoms with Crippen LogP contribution in [0.5, 0.6) is 0 Å². The zero-order valence-electron chi connectivity index (χ0n) is 27.9. The van der Waals surface area contributed by atoms with Gasteiger partial charge in [0.25, 0.3) is 0 Å². The second kappa shape index (κ2) is 11.8. The number of rotatable bonds is 6.